The van der Waals surface area contributed by atoms with Crippen molar-refractivity contribution in [3.05, 3.63) is 0 Å². The molecule has 1 saturated heterocycles. The predicted octanol–water partition coefficient (Wildman–Crippen LogP) is -0.0462. The highest BCUT2D eigenvalue weighted by molar-refractivity contribution is 5.62. The third-order valence-corrected chi connectivity index (χ3v) is 1.23. The fourth-order valence-electron chi connectivity index (χ4n) is 0.788. The summed E-state index contributed by atoms with van der Waals surface area (Å²) in [6.45, 7) is 3.55. The van der Waals surface area contributed by atoms with E-state index in [1.807, 2.05) is 0 Å². The largest absolute Gasteiger partial charge is 0.481 e. The molecular formula is C9H19NO5. The van der Waals surface area contributed by atoms with Crippen molar-refractivity contribution in [2.24, 2.45) is 0 Å². The van der Waals surface area contributed by atoms with Crippen LogP contribution in [0.5, 0.6) is 0 Å². The summed E-state index contributed by atoms with van der Waals surface area (Å²) in [4.78, 5) is 9.00. The zero-order valence-corrected chi connectivity index (χ0v) is 9.06. The molecule has 0 bridgehead atoms. The van der Waals surface area contributed by atoms with Crippen LogP contribution in [0.25, 0.3) is 0 Å². The lowest BCUT2D eigenvalue weighted by Gasteiger charge is -2.00. The zero-order chi connectivity index (χ0) is 11.4. The minimum Gasteiger partial charge on any atom is -0.481 e. The lowest BCUT2D eigenvalue weighted by molar-refractivity contribution is -0.134. The van der Waals surface area contributed by atoms with Crippen LogP contribution in [0.3, 0.4) is 0 Å². The van der Waals surface area contributed by atoms with Crippen molar-refractivity contribution in [1.82, 2.24) is 0 Å². The maximum atomic E-state index is 9.00. The Labute approximate surface area is 89.4 Å². The van der Waals surface area contributed by atoms with Gasteiger partial charge < -0.3 is 20.4 Å². The van der Waals surface area contributed by atoms with Crippen molar-refractivity contribution in [3.8, 4) is 6.07 Å². The highest BCUT2D eigenvalue weighted by Gasteiger charge is 2.12. The van der Waals surface area contributed by atoms with Crippen molar-refractivity contribution in [2.45, 2.75) is 32.8 Å². The van der Waals surface area contributed by atoms with Gasteiger partial charge in [-0.05, 0) is 12.8 Å². The van der Waals surface area contributed by atoms with Crippen molar-refractivity contribution in [3.63, 3.8) is 0 Å². The number of carbonyl (C=O) groups is 1. The molecule has 1 aliphatic heterocycles. The number of hydrogen-bond donors (Lipinski definition) is 2. The molecule has 1 atom stereocenters. The number of aliphatic hydroxyl groups excluding tert-OH is 1. The second kappa shape index (κ2) is 15.3. The van der Waals surface area contributed by atoms with Gasteiger partial charge in [-0.3, -0.25) is 4.79 Å². The van der Waals surface area contributed by atoms with Crippen molar-refractivity contribution >= 4 is 5.97 Å². The summed E-state index contributed by atoms with van der Waals surface area (Å²) in [6.07, 6.45) is 2.31. The van der Waals surface area contributed by atoms with Crippen LogP contribution in [0.2, 0.25) is 0 Å². The highest BCUT2D eigenvalue weighted by atomic mass is 16.5. The van der Waals surface area contributed by atoms with Crippen LogP contribution in [0.1, 0.15) is 26.7 Å². The van der Waals surface area contributed by atoms with Gasteiger partial charge in [0.1, 0.15) is 0 Å². The molecule has 4 N–H and O–H groups in total. The summed E-state index contributed by atoms with van der Waals surface area (Å²) in [5, 5.41) is 23.2. The highest BCUT2D eigenvalue weighted by Crippen LogP contribution is 2.09. The Morgan fingerprint density at radius 3 is 2.20 bits per heavy atom. The molecule has 0 aromatic heterocycles. The molecule has 1 fully saturated rings. The van der Waals surface area contributed by atoms with Gasteiger partial charge in [-0.15, -0.1) is 0 Å². The van der Waals surface area contributed by atoms with Crippen LogP contribution in [-0.4, -0.2) is 41.0 Å². The first kappa shape index (κ1) is 19.4. The number of ether oxygens (including phenoxy) is 1. The van der Waals surface area contributed by atoms with Gasteiger partial charge >= 0.3 is 0 Å². The Kier molecular flexibility index (Phi) is 19.8. The molecule has 6 nitrogen and oxygen atoms in total. The molecule has 0 aromatic carbocycles. The Bertz CT molecular complexity index is 168. The third kappa shape index (κ3) is 24.5. The number of hydrogen-bond acceptors (Lipinski definition) is 4. The van der Waals surface area contributed by atoms with Gasteiger partial charge in [0, 0.05) is 20.5 Å². The third-order valence-electron chi connectivity index (χ3n) is 1.23. The average Bonchev–Trinajstić information content (AvgIpc) is 2.55. The fourth-order valence-corrected chi connectivity index (χ4v) is 0.788. The summed E-state index contributed by atoms with van der Waals surface area (Å²) in [5.41, 5.74) is 0. The number of nitrogens with zero attached hydrogens (tertiary/aromatic N) is 1. The second-order valence-corrected chi connectivity index (χ2v) is 2.56. The molecular weight excluding hydrogens is 202 g/mol. The quantitative estimate of drug-likeness (QED) is 0.642. The Morgan fingerprint density at radius 2 is 2.07 bits per heavy atom. The van der Waals surface area contributed by atoms with Crippen LogP contribution >= 0.6 is 0 Å². The molecule has 1 aliphatic rings. The van der Waals surface area contributed by atoms with E-state index in [1.165, 1.54) is 6.92 Å². The van der Waals surface area contributed by atoms with Crippen LogP contribution in [0.4, 0.5) is 0 Å². The van der Waals surface area contributed by atoms with Crippen LogP contribution in [0.15, 0.2) is 0 Å². The van der Waals surface area contributed by atoms with Crippen molar-refractivity contribution in [2.75, 3.05) is 13.2 Å². The van der Waals surface area contributed by atoms with Crippen LogP contribution in [0, 0.1) is 11.3 Å². The van der Waals surface area contributed by atoms with Crippen LogP contribution in [-0.2, 0) is 9.53 Å². The summed E-state index contributed by atoms with van der Waals surface area (Å²) in [6, 6.07) is 1.75. The molecule has 0 aliphatic carbocycles. The minimum atomic E-state index is -0.833. The predicted molar refractivity (Wildman–Crippen MR) is 54.3 cm³/mol. The molecule has 0 radical (unpaired) electrons. The Hall–Kier alpha value is -1.16. The van der Waals surface area contributed by atoms with Crippen molar-refractivity contribution < 1.29 is 25.2 Å². The molecule has 1 heterocycles. The van der Waals surface area contributed by atoms with Gasteiger partial charge in [0.15, 0.2) is 0 Å². The molecule has 6 heteroatoms. The van der Waals surface area contributed by atoms with E-state index >= 15 is 0 Å². The Balaban J connectivity index is -0.000000158. The number of aliphatic hydroxyl groups is 1. The number of carboxylic acid groups (broad SMARTS) is 1. The van der Waals surface area contributed by atoms with E-state index < -0.39 is 5.97 Å². The molecule has 0 amide bonds. The molecule has 0 spiro atoms. The topological polar surface area (TPSA) is 122 Å². The van der Waals surface area contributed by atoms with E-state index in [2.05, 4.69) is 0 Å². The molecule has 90 valence electrons. The summed E-state index contributed by atoms with van der Waals surface area (Å²) in [7, 11) is 0. The van der Waals surface area contributed by atoms with E-state index in [0.29, 0.717) is 0 Å². The lowest BCUT2D eigenvalue weighted by atomic mass is 10.2. The summed E-state index contributed by atoms with van der Waals surface area (Å²) >= 11 is 0. The normalized spacial score (nSPS) is 16.8. The first-order valence-electron chi connectivity index (χ1n) is 4.31. The summed E-state index contributed by atoms with van der Waals surface area (Å²) < 4.78 is 5.05. The number of carboxylic acids is 1. The van der Waals surface area contributed by atoms with E-state index in [1.54, 1.807) is 6.07 Å². The molecule has 15 heavy (non-hydrogen) atoms. The zero-order valence-electron chi connectivity index (χ0n) is 9.06. The van der Waals surface area contributed by atoms with Gasteiger partial charge in [0.05, 0.1) is 18.8 Å². The monoisotopic (exact) mass is 221 g/mol. The molecule has 0 aromatic rings. The number of nitriles is 1. The van der Waals surface area contributed by atoms with E-state index in [0.717, 1.165) is 26.4 Å². The standard InChI is InChI=1S/C5H10O2.C2H3N.C2H4O2.H2O/c6-4-5-2-1-3-7-5;1-2-3;1-2(3)4;/h5-6H,1-4H2;1H3;1H3,(H,3,4);1H2. The first-order valence-corrected chi connectivity index (χ1v) is 4.31. The lowest BCUT2D eigenvalue weighted by Crippen LogP contribution is -2.09. The Morgan fingerprint density at radius 1 is 1.67 bits per heavy atom. The maximum absolute atomic E-state index is 9.00. The van der Waals surface area contributed by atoms with Gasteiger partial charge in [-0.25, -0.2) is 0 Å². The number of aliphatic carboxylic acids is 1. The van der Waals surface area contributed by atoms with E-state index in [-0.39, 0.29) is 18.2 Å². The van der Waals surface area contributed by atoms with E-state index in [4.69, 9.17) is 25.0 Å². The van der Waals surface area contributed by atoms with Gasteiger partial charge in [0.25, 0.3) is 5.97 Å². The van der Waals surface area contributed by atoms with Gasteiger partial charge in [0.2, 0.25) is 0 Å². The number of rotatable bonds is 1. The molecule has 1 unspecified atom stereocenters. The second-order valence-electron chi connectivity index (χ2n) is 2.56. The molecule has 0 saturated carbocycles. The SMILES string of the molecule is CC#N.CC(=O)O.O.OCC1CCCO1. The fraction of sp³-hybridized carbons (Fsp3) is 0.778. The summed E-state index contributed by atoms with van der Waals surface area (Å²) in [5.74, 6) is -0.833. The first-order chi connectivity index (χ1) is 6.58. The van der Waals surface area contributed by atoms with Crippen molar-refractivity contribution in [1.29, 1.82) is 5.26 Å². The minimum absolute atomic E-state index is 0. The smallest absolute Gasteiger partial charge is 0.300 e. The maximum Gasteiger partial charge on any atom is 0.300 e. The average molecular weight is 221 g/mol. The van der Waals surface area contributed by atoms with Gasteiger partial charge in [-0.1, -0.05) is 0 Å². The molecule has 1 rings (SSSR count). The van der Waals surface area contributed by atoms with E-state index in [9.17, 15) is 0 Å². The van der Waals surface area contributed by atoms with Gasteiger partial charge in [-0.2, -0.15) is 5.26 Å². The van der Waals surface area contributed by atoms with Crippen LogP contribution < -0.4 is 0 Å².